The van der Waals surface area contributed by atoms with Gasteiger partial charge < -0.3 is 14.4 Å². The predicted octanol–water partition coefficient (Wildman–Crippen LogP) is 4.25. The van der Waals surface area contributed by atoms with Crippen molar-refractivity contribution in [1.29, 1.82) is 0 Å². The Labute approximate surface area is 178 Å². The molecule has 0 aliphatic carbocycles. The largest absolute Gasteiger partial charge is 0.486 e. The number of carbonyl (C=O) groups is 2. The Bertz CT molecular complexity index is 955. The fraction of sp³-hybridized carbons (Fsp3) is 0.300. The van der Waals surface area contributed by atoms with Crippen molar-refractivity contribution in [2.75, 3.05) is 6.54 Å². The quantitative estimate of drug-likeness (QED) is 0.705. The number of hydrogen-bond acceptors (Lipinski definition) is 4. The van der Waals surface area contributed by atoms with E-state index in [2.05, 4.69) is 5.43 Å². The van der Waals surface area contributed by atoms with Crippen molar-refractivity contribution in [1.82, 2.24) is 15.0 Å². The summed E-state index contributed by atoms with van der Waals surface area (Å²) in [5.74, 6) is -1.63. The number of hydrogen-bond donors (Lipinski definition) is 2. The highest BCUT2D eigenvalue weighted by Gasteiger charge is 2.26. The molecule has 0 radical (unpaired) electrons. The highest BCUT2D eigenvalue weighted by molar-refractivity contribution is 6.42. The first-order chi connectivity index (χ1) is 13.9. The van der Waals surface area contributed by atoms with E-state index in [-0.39, 0.29) is 23.6 Å². The molecule has 0 spiro atoms. The Morgan fingerprint density at radius 1 is 1.24 bits per heavy atom. The summed E-state index contributed by atoms with van der Waals surface area (Å²) in [7, 11) is 1.60. The minimum absolute atomic E-state index is 0.00220. The van der Waals surface area contributed by atoms with Crippen LogP contribution in [-0.4, -0.2) is 33.1 Å². The molecule has 1 aromatic carbocycles. The van der Waals surface area contributed by atoms with Gasteiger partial charge in [0.2, 0.25) is 0 Å². The van der Waals surface area contributed by atoms with E-state index in [0.717, 1.165) is 19.3 Å². The summed E-state index contributed by atoms with van der Waals surface area (Å²) >= 11 is 11.9. The SMILES string of the molecule is Cn1cc(C(=O)O)c(OCc2ccc(Cl)c(Cl)c2)c1C(=O)NN1C=CCCCC1. The Morgan fingerprint density at radius 3 is 2.76 bits per heavy atom. The number of nitrogens with zero attached hydrogens (tertiary/aromatic N) is 2. The summed E-state index contributed by atoms with van der Waals surface area (Å²) in [6.45, 7) is 0.711. The molecule has 1 aliphatic rings. The number of halogens is 2. The number of ether oxygens (including phenoxy) is 1. The lowest BCUT2D eigenvalue weighted by Crippen LogP contribution is -2.39. The summed E-state index contributed by atoms with van der Waals surface area (Å²) < 4.78 is 7.21. The van der Waals surface area contributed by atoms with E-state index >= 15 is 0 Å². The van der Waals surface area contributed by atoms with Gasteiger partial charge in [-0.25, -0.2) is 4.79 Å². The van der Waals surface area contributed by atoms with Crippen LogP contribution in [0.4, 0.5) is 0 Å². The van der Waals surface area contributed by atoms with Gasteiger partial charge in [-0.05, 0) is 37.0 Å². The molecule has 1 aromatic heterocycles. The first-order valence-corrected chi connectivity index (χ1v) is 9.86. The number of carboxylic acid groups (broad SMARTS) is 1. The normalized spacial score (nSPS) is 13.8. The van der Waals surface area contributed by atoms with Gasteiger partial charge in [-0.15, -0.1) is 0 Å². The molecule has 0 atom stereocenters. The number of hydrazine groups is 1. The van der Waals surface area contributed by atoms with Gasteiger partial charge in [0.05, 0.1) is 10.0 Å². The molecule has 1 amide bonds. The second-order valence-electron chi connectivity index (χ2n) is 6.69. The van der Waals surface area contributed by atoms with Crippen molar-refractivity contribution in [3.8, 4) is 5.75 Å². The number of allylic oxidation sites excluding steroid dienone is 1. The number of aromatic carboxylic acids is 1. The van der Waals surface area contributed by atoms with Gasteiger partial charge in [0, 0.05) is 26.0 Å². The second-order valence-corrected chi connectivity index (χ2v) is 7.50. The van der Waals surface area contributed by atoms with Gasteiger partial charge >= 0.3 is 5.97 Å². The third-order valence-corrected chi connectivity index (χ3v) is 5.24. The second kappa shape index (κ2) is 9.24. The standard InChI is InChI=1S/C20H21Cl2N3O4/c1-24-11-14(20(27)28)18(29-12-13-6-7-15(21)16(22)10-13)17(24)19(26)23-25-8-4-2-3-5-9-25/h4,6-8,10-11H,2-3,5,9,12H2,1H3,(H,23,26)(H,27,28). The van der Waals surface area contributed by atoms with E-state index < -0.39 is 11.9 Å². The molecule has 0 unspecified atom stereocenters. The Kier molecular flexibility index (Phi) is 6.71. The molecule has 2 aromatic rings. The Balaban J connectivity index is 1.85. The van der Waals surface area contributed by atoms with Crippen LogP contribution in [0.15, 0.2) is 36.7 Å². The van der Waals surface area contributed by atoms with Gasteiger partial charge in [-0.3, -0.25) is 15.2 Å². The predicted molar refractivity (Wildman–Crippen MR) is 110 cm³/mol. The molecule has 9 heteroatoms. The summed E-state index contributed by atoms with van der Waals surface area (Å²) in [6.07, 6.45) is 8.12. The molecule has 0 bridgehead atoms. The summed E-state index contributed by atoms with van der Waals surface area (Å²) in [6, 6.07) is 4.99. The van der Waals surface area contributed by atoms with Crippen LogP contribution in [-0.2, 0) is 13.7 Å². The van der Waals surface area contributed by atoms with Gasteiger partial charge in [0.1, 0.15) is 12.2 Å². The lowest BCUT2D eigenvalue weighted by molar-refractivity contribution is 0.0692. The van der Waals surface area contributed by atoms with Crippen LogP contribution >= 0.6 is 23.2 Å². The Hall–Kier alpha value is -2.64. The molecule has 2 heterocycles. The zero-order valence-corrected chi connectivity index (χ0v) is 17.3. The fourth-order valence-corrected chi connectivity index (χ4v) is 3.37. The topological polar surface area (TPSA) is 83.8 Å². The van der Waals surface area contributed by atoms with Crippen molar-refractivity contribution in [2.24, 2.45) is 7.05 Å². The molecule has 3 rings (SSSR count). The van der Waals surface area contributed by atoms with Crippen molar-refractivity contribution >= 4 is 35.1 Å². The molecule has 1 aliphatic heterocycles. The zero-order valence-electron chi connectivity index (χ0n) is 15.8. The van der Waals surface area contributed by atoms with Crippen LogP contribution in [0.3, 0.4) is 0 Å². The van der Waals surface area contributed by atoms with Crippen molar-refractivity contribution in [3.63, 3.8) is 0 Å². The number of benzene rings is 1. The number of amides is 1. The van der Waals surface area contributed by atoms with Gasteiger partial charge in [0.15, 0.2) is 11.4 Å². The van der Waals surface area contributed by atoms with Crippen LogP contribution in [0.5, 0.6) is 5.75 Å². The van der Waals surface area contributed by atoms with E-state index in [4.69, 9.17) is 27.9 Å². The van der Waals surface area contributed by atoms with Gasteiger partial charge in [-0.1, -0.05) is 35.3 Å². The van der Waals surface area contributed by atoms with Crippen molar-refractivity contribution < 1.29 is 19.4 Å². The average Bonchev–Trinajstić information content (AvgIpc) is 2.82. The highest BCUT2D eigenvalue weighted by Crippen LogP contribution is 2.29. The molecule has 154 valence electrons. The van der Waals surface area contributed by atoms with Crippen LogP contribution < -0.4 is 10.2 Å². The molecule has 0 saturated carbocycles. The van der Waals surface area contributed by atoms with Crippen LogP contribution in [0.25, 0.3) is 0 Å². The summed E-state index contributed by atoms with van der Waals surface area (Å²) in [4.78, 5) is 24.6. The maximum absolute atomic E-state index is 12.9. The number of rotatable bonds is 6. The fourth-order valence-electron chi connectivity index (χ4n) is 3.05. The maximum atomic E-state index is 12.9. The molecule has 0 saturated heterocycles. The molecule has 29 heavy (non-hydrogen) atoms. The van der Waals surface area contributed by atoms with Crippen molar-refractivity contribution in [3.05, 3.63) is 63.5 Å². The molecule has 0 fully saturated rings. The lowest BCUT2D eigenvalue weighted by atomic mass is 10.2. The van der Waals surface area contributed by atoms with E-state index in [1.807, 2.05) is 12.3 Å². The molecule has 7 nitrogen and oxygen atoms in total. The van der Waals surface area contributed by atoms with Crippen LogP contribution in [0.2, 0.25) is 10.0 Å². The van der Waals surface area contributed by atoms with Gasteiger partial charge in [0.25, 0.3) is 5.91 Å². The van der Waals surface area contributed by atoms with Gasteiger partial charge in [-0.2, -0.15) is 0 Å². The van der Waals surface area contributed by atoms with E-state index in [0.29, 0.717) is 22.2 Å². The third kappa shape index (κ3) is 5.05. The summed E-state index contributed by atoms with van der Waals surface area (Å²) in [5, 5.41) is 12.0. The number of aryl methyl sites for hydroxylation is 1. The Morgan fingerprint density at radius 2 is 2.03 bits per heavy atom. The van der Waals surface area contributed by atoms with Crippen LogP contribution in [0.1, 0.15) is 45.7 Å². The minimum Gasteiger partial charge on any atom is -0.486 e. The molecular weight excluding hydrogens is 417 g/mol. The number of carbonyl (C=O) groups excluding carboxylic acids is 1. The average molecular weight is 438 g/mol. The zero-order chi connectivity index (χ0) is 21.0. The maximum Gasteiger partial charge on any atom is 0.341 e. The summed E-state index contributed by atoms with van der Waals surface area (Å²) in [5.41, 5.74) is 3.53. The smallest absolute Gasteiger partial charge is 0.341 e. The first-order valence-electron chi connectivity index (χ1n) is 9.10. The van der Waals surface area contributed by atoms with E-state index in [1.165, 1.54) is 10.8 Å². The van der Waals surface area contributed by atoms with E-state index in [9.17, 15) is 14.7 Å². The number of aromatic nitrogens is 1. The minimum atomic E-state index is -1.18. The monoisotopic (exact) mass is 437 g/mol. The van der Waals surface area contributed by atoms with Crippen molar-refractivity contribution in [2.45, 2.75) is 25.9 Å². The van der Waals surface area contributed by atoms with Crippen LogP contribution in [0, 0.1) is 0 Å². The number of nitrogens with one attached hydrogen (secondary N) is 1. The molecule has 2 N–H and O–H groups in total. The number of carboxylic acids is 1. The molecular formula is C20H21Cl2N3O4. The van der Waals surface area contributed by atoms with E-state index in [1.54, 1.807) is 30.3 Å². The third-order valence-electron chi connectivity index (χ3n) is 4.50. The first kappa shape index (κ1) is 21.1. The lowest BCUT2D eigenvalue weighted by Gasteiger charge is -2.20. The highest BCUT2D eigenvalue weighted by atomic mass is 35.5.